The van der Waals surface area contributed by atoms with Crippen LogP contribution in [-0.4, -0.2) is 36.7 Å². The maximum Gasteiger partial charge on any atom is 0.411 e. The average Bonchev–Trinajstić information content (AvgIpc) is 2.79. The lowest BCUT2D eigenvalue weighted by atomic mass is 9.86. The van der Waals surface area contributed by atoms with Gasteiger partial charge >= 0.3 is 6.09 Å². The van der Waals surface area contributed by atoms with E-state index in [-0.39, 0.29) is 12.2 Å². The highest BCUT2D eigenvalue weighted by atomic mass is 32.2. The van der Waals surface area contributed by atoms with Crippen LogP contribution >= 0.6 is 11.8 Å². The van der Waals surface area contributed by atoms with Gasteiger partial charge in [-0.2, -0.15) is 0 Å². The van der Waals surface area contributed by atoms with Gasteiger partial charge in [-0.05, 0) is 60.3 Å². The molecule has 6 rings (SSSR count). The normalized spacial score (nSPS) is 22.7. The van der Waals surface area contributed by atoms with Gasteiger partial charge in [-0.3, -0.25) is 10.2 Å². The molecule has 5 heteroatoms. The molecule has 3 aromatic carbocycles. The summed E-state index contributed by atoms with van der Waals surface area (Å²) in [4.78, 5) is 16.0. The van der Waals surface area contributed by atoms with Crippen molar-refractivity contribution in [2.24, 2.45) is 5.92 Å². The molecule has 0 spiro atoms. The quantitative estimate of drug-likeness (QED) is 0.534. The summed E-state index contributed by atoms with van der Waals surface area (Å²) in [6.07, 6.45) is 1.95. The van der Waals surface area contributed by atoms with Gasteiger partial charge < -0.3 is 4.74 Å². The minimum atomic E-state index is -0.340. The van der Waals surface area contributed by atoms with Crippen molar-refractivity contribution < 1.29 is 9.53 Å². The minimum Gasteiger partial charge on any atom is -0.444 e. The molecular weight excluding hydrogens is 392 g/mol. The fourth-order valence-corrected chi connectivity index (χ4v) is 5.46. The van der Waals surface area contributed by atoms with Crippen LogP contribution in [-0.2, 0) is 10.5 Å². The highest BCUT2D eigenvalue weighted by Crippen LogP contribution is 2.32. The molecule has 1 amide bonds. The van der Waals surface area contributed by atoms with Crippen molar-refractivity contribution in [3.63, 3.8) is 0 Å². The molecule has 3 aliphatic heterocycles. The Morgan fingerprint density at radius 2 is 1.77 bits per heavy atom. The number of thioether (sulfide) groups is 1. The molecule has 0 aromatic heterocycles. The molecule has 1 N–H and O–H groups in total. The highest BCUT2D eigenvalue weighted by Gasteiger charge is 2.36. The van der Waals surface area contributed by atoms with Crippen molar-refractivity contribution in [1.29, 1.82) is 0 Å². The predicted molar refractivity (Wildman–Crippen MR) is 123 cm³/mol. The Labute approximate surface area is 181 Å². The van der Waals surface area contributed by atoms with Crippen molar-refractivity contribution in [1.82, 2.24) is 4.90 Å². The summed E-state index contributed by atoms with van der Waals surface area (Å²) in [6.45, 7) is 3.15. The number of anilines is 1. The molecular formula is C25H26N2O2S. The van der Waals surface area contributed by atoms with Gasteiger partial charge in [0.1, 0.15) is 6.10 Å². The Balaban J connectivity index is 1.23. The highest BCUT2D eigenvalue weighted by molar-refractivity contribution is 7.98. The Bertz CT molecular complexity index is 1050. The zero-order chi connectivity index (χ0) is 20.3. The number of piperidine rings is 3. The van der Waals surface area contributed by atoms with Crippen molar-refractivity contribution >= 4 is 34.3 Å². The van der Waals surface area contributed by atoms with E-state index in [1.807, 2.05) is 18.2 Å². The number of benzene rings is 3. The molecule has 2 bridgehead atoms. The third kappa shape index (κ3) is 4.32. The third-order valence-electron chi connectivity index (χ3n) is 6.19. The molecule has 1 atom stereocenters. The predicted octanol–water partition coefficient (Wildman–Crippen LogP) is 5.77. The smallest absolute Gasteiger partial charge is 0.411 e. The fraction of sp³-hybridized carbons (Fsp3) is 0.320. The number of rotatable bonds is 5. The number of nitrogens with zero attached hydrogens (tertiary/aromatic N) is 1. The van der Waals surface area contributed by atoms with Crippen LogP contribution in [0.1, 0.15) is 18.4 Å². The number of amides is 1. The Hall–Kier alpha value is -2.50. The van der Waals surface area contributed by atoms with Gasteiger partial charge in [0.05, 0.1) is 5.69 Å². The van der Waals surface area contributed by atoms with E-state index in [1.165, 1.54) is 16.3 Å². The van der Waals surface area contributed by atoms with Gasteiger partial charge in [0, 0.05) is 17.2 Å². The fourth-order valence-electron chi connectivity index (χ4n) is 4.51. The van der Waals surface area contributed by atoms with Crippen molar-refractivity contribution in [2.75, 3.05) is 25.0 Å². The van der Waals surface area contributed by atoms with Crippen LogP contribution in [0.4, 0.5) is 10.5 Å². The van der Waals surface area contributed by atoms with E-state index < -0.39 is 0 Å². The summed E-state index contributed by atoms with van der Waals surface area (Å²) >= 11 is 1.73. The summed E-state index contributed by atoms with van der Waals surface area (Å²) in [5.74, 6) is 1.36. The number of hydrogen-bond donors (Lipinski definition) is 1. The van der Waals surface area contributed by atoms with Crippen molar-refractivity contribution in [3.8, 4) is 0 Å². The van der Waals surface area contributed by atoms with Crippen LogP contribution in [0.15, 0.2) is 71.6 Å². The van der Waals surface area contributed by atoms with Crippen LogP contribution < -0.4 is 5.32 Å². The Morgan fingerprint density at radius 3 is 2.57 bits per heavy atom. The second kappa shape index (κ2) is 8.70. The third-order valence-corrected chi connectivity index (χ3v) is 7.33. The molecule has 3 heterocycles. The zero-order valence-corrected chi connectivity index (χ0v) is 17.7. The van der Waals surface area contributed by atoms with Crippen LogP contribution in [0, 0.1) is 5.92 Å². The van der Waals surface area contributed by atoms with Crippen LogP contribution in [0.5, 0.6) is 0 Å². The lowest BCUT2D eigenvalue weighted by molar-refractivity contribution is -0.0289. The lowest BCUT2D eigenvalue weighted by Crippen LogP contribution is -2.52. The molecule has 0 radical (unpaired) electrons. The summed E-state index contributed by atoms with van der Waals surface area (Å²) in [6, 6.07) is 22.9. The first kappa shape index (κ1) is 19.5. The van der Waals surface area contributed by atoms with Gasteiger partial charge in [0.25, 0.3) is 0 Å². The van der Waals surface area contributed by atoms with E-state index in [9.17, 15) is 4.79 Å². The molecule has 30 heavy (non-hydrogen) atoms. The van der Waals surface area contributed by atoms with Crippen molar-refractivity contribution in [2.45, 2.75) is 29.6 Å². The maximum atomic E-state index is 12.6. The number of para-hydroxylation sites is 1. The van der Waals surface area contributed by atoms with Crippen LogP contribution in [0.2, 0.25) is 0 Å². The molecule has 3 aliphatic rings. The molecule has 3 fully saturated rings. The van der Waals surface area contributed by atoms with Gasteiger partial charge in [-0.15, -0.1) is 11.8 Å². The zero-order valence-electron chi connectivity index (χ0n) is 16.9. The number of hydrogen-bond acceptors (Lipinski definition) is 4. The lowest BCUT2D eigenvalue weighted by Gasteiger charge is -2.43. The second-order valence-electron chi connectivity index (χ2n) is 8.17. The summed E-state index contributed by atoms with van der Waals surface area (Å²) in [5, 5.41) is 5.49. The van der Waals surface area contributed by atoms with E-state index in [4.69, 9.17) is 4.74 Å². The largest absolute Gasteiger partial charge is 0.444 e. The first-order chi connectivity index (χ1) is 14.7. The monoisotopic (exact) mass is 418 g/mol. The molecule has 0 aliphatic carbocycles. The first-order valence-electron chi connectivity index (χ1n) is 10.6. The second-order valence-corrected chi connectivity index (χ2v) is 9.19. The minimum absolute atomic E-state index is 0.0184. The number of fused-ring (bicyclic) bond motifs is 4. The number of carbonyl (C=O) groups is 1. The Morgan fingerprint density at radius 1 is 1.00 bits per heavy atom. The van der Waals surface area contributed by atoms with Crippen LogP contribution in [0.25, 0.3) is 10.8 Å². The molecule has 1 unspecified atom stereocenters. The van der Waals surface area contributed by atoms with Gasteiger partial charge in [-0.25, -0.2) is 4.79 Å². The van der Waals surface area contributed by atoms with Crippen LogP contribution in [0.3, 0.4) is 0 Å². The topological polar surface area (TPSA) is 41.6 Å². The van der Waals surface area contributed by atoms with Gasteiger partial charge in [0.2, 0.25) is 0 Å². The summed E-state index contributed by atoms with van der Waals surface area (Å²) < 4.78 is 5.79. The van der Waals surface area contributed by atoms with E-state index >= 15 is 0 Å². The SMILES string of the molecule is O=C(Nc1ccccc1SCc1ccc2ccccc2c1)OC1CN2CCC1CC2. The standard InChI is InChI=1S/C25H26N2O2S/c28-25(29-23-16-27-13-11-20(23)12-14-27)26-22-7-3-4-8-24(22)30-17-18-9-10-19-5-1-2-6-21(19)15-18/h1-10,15,20,23H,11-14,16-17H2,(H,26,28). The van der Waals surface area contributed by atoms with E-state index in [1.54, 1.807) is 11.8 Å². The Kier molecular flexibility index (Phi) is 5.65. The molecule has 3 aromatic rings. The average molecular weight is 419 g/mol. The number of ether oxygens (including phenoxy) is 1. The van der Waals surface area contributed by atoms with E-state index in [0.29, 0.717) is 5.92 Å². The first-order valence-corrected chi connectivity index (χ1v) is 11.6. The van der Waals surface area contributed by atoms with Gasteiger partial charge in [0.15, 0.2) is 0 Å². The molecule has 154 valence electrons. The van der Waals surface area contributed by atoms with Crippen molar-refractivity contribution in [3.05, 3.63) is 72.3 Å². The molecule has 4 nitrogen and oxygen atoms in total. The number of nitrogens with one attached hydrogen (secondary N) is 1. The van der Waals surface area contributed by atoms with E-state index in [0.717, 1.165) is 48.8 Å². The molecule has 0 saturated carbocycles. The number of carbonyl (C=O) groups excluding carboxylic acids is 1. The van der Waals surface area contributed by atoms with Gasteiger partial charge in [-0.1, -0.05) is 54.6 Å². The molecule has 3 saturated heterocycles. The maximum absolute atomic E-state index is 12.6. The van der Waals surface area contributed by atoms with E-state index in [2.05, 4.69) is 58.7 Å². The summed E-state index contributed by atoms with van der Waals surface area (Å²) in [5.41, 5.74) is 2.08. The summed E-state index contributed by atoms with van der Waals surface area (Å²) in [7, 11) is 0.